The van der Waals surface area contributed by atoms with E-state index in [0.29, 0.717) is 5.56 Å². The highest BCUT2D eigenvalue weighted by Gasteiger charge is 2.20. The number of thioether (sulfide) groups is 1. The highest BCUT2D eigenvalue weighted by Crippen LogP contribution is 2.28. The van der Waals surface area contributed by atoms with Crippen LogP contribution in [0.3, 0.4) is 0 Å². The lowest BCUT2D eigenvalue weighted by Crippen LogP contribution is -2.18. The fraction of sp³-hybridized carbons (Fsp3) is 0.364. The maximum atomic E-state index is 9.82. The number of nitriles is 1. The van der Waals surface area contributed by atoms with Gasteiger partial charge in [-0.3, -0.25) is 0 Å². The van der Waals surface area contributed by atoms with E-state index in [0.717, 1.165) is 4.90 Å². The van der Waals surface area contributed by atoms with Crippen LogP contribution in [0.2, 0.25) is 0 Å². The minimum Gasteiger partial charge on any atom is -0.389 e. The molecular formula is C11H13NO2S. The van der Waals surface area contributed by atoms with E-state index in [1.165, 1.54) is 11.8 Å². The second-order valence-corrected chi connectivity index (χ2v) is 3.96. The number of hydrogen-bond donors (Lipinski definition) is 2. The van der Waals surface area contributed by atoms with Gasteiger partial charge in [-0.15, -0.1) is 11.8 Å². The van der Waals surface area contributed by atoms with E-state index in [4.69, 9.17) is 5.26 Å². The van der Waals surface area contributed by atoms with E-state index in [1.807, 2.05) is 24.5 Å². The van der Waals surface area contributed by atoms with E-state index in [1.54, 1.807) is 12.1 Å². The Kier molecular flexibility index (Phi) is 4.63. The summed E-state index contributed by atoms with van der Waals surface area (Å²) in [5.74, 6) is 0. The van der Waals surface area contributed by atoms with Crippen molar-refractivity contribution in [3.05, 3.63) is 29.8 Å². The third-order valence-corrected chi connectivity index (χ3v) is 2.93. The van der Waals surface area contributed by atoms with Gasteiger partial charge in [-0.1, -0.05) is 18.2 Å². The number of nitrogens with zero attached hydrogens (tertiary/aromatic N) is 1. The molecule has 0 saturated carbocycles. The fourth-order valence-corrected chi connectivity index (χ4v) is 1.96. The van der Waals surface area contributed by atoms with Gasteiger partial charge in [0, 0.05) is 4.90 Å². The summed E-state index contributed by atoms with van der Waals surface area (Å²) in [7, 11) is 0. The van der Waals surface area contributed by atoms with Crippen LogP contribution >= 0.6 is 11.8 Å². The second kappa shape index (κ2) is 5.76. The summed E-state index contributed by atoms with van der Waals surface area (Å²) in [6.45, 7) is 0. The summed E-state index contributed by atoms with van der Waals surface area (Å²) < 4.78 is 0. The van der Waals surface area contributed by atoms with Crippen LogP contribution in [0.1, 0.15) is 18.1 Å². The van der Waals surface area contributed by atoms with Gasteiger partial charge in [-0.25, -0.2) is 0 Å². The summed E-state index contributed by atoms with van der Waals surface area (Å²) in [4.78, 5) is 0.919. The number of rotatable bonds is 4. The van der Waals surface area contributed by atoms with Crippen molar-refractivity contribution in [2.75, 3.05) is 6.26 Å². The van der Waals surface area contributed by atoms with Crippen molar-refractivity contribution >= 4 is 11.8 Å². The Bertz CT molecular complexity index is 362. The lowest BCUT2D eigenvalue weighted by atomic mass is 10.0. The molecule has 0 aliphatic carbocycles. The Labute approximate surface area is 93.4 Å². The van der Waals surface area contributed by atoms with E-state index >= 15 is 0 Å². The molecule has 2 N–H and O–H groups in total. The van der Waals surface area contributed by atoms with Crippen LogP contribution in [0.5, 0.6) is 0 Å². The molecule has 0 aliphatic heterocycles. The average molecular weight is 223 g/mol. The van der Waals surface area contributed by atoms with Crippen LogP contribution in [0.15, 0.2) is 29.2 Å². The molecule has 0 spiro atoms. The molecule has 1 aromatic carbocycles. The van der Waals surface area contributed by atoms with Gasteiger partial charge in [-0.2, -0.15) is 5.26 Å². The first-order chi connectivity index (χ1) is 7.20. The molecule has 0 radical (unpaired) electrons. The van der Waals surface area contributed by atoms with Crippen LogP contribution < -0.4 is 0 Å². The molecule has 0 amide bonds. The van der Waals surface area contributed by atoms with Crippen LogP contribution in [-0.4, -0.2) is 22.6 Å². The zero-order valence-electron chi connectivity index (χ0n) is 8.42. The Hall–Kier alpha value is -1.02. The third-order valence-electron chi connectivity index (χ3n) is 2.12. The molecular weight excluding hydrogens is 210 g/mol. The second-order valence-electron chi connectivity index (χ2n) is 3.12. The van der Waals surface area contributed by atoms with Crippen molar-refractivity contribution in [1.29, 1.82) is 5.26 Å². The molecule has 0 aromatic heterocycles. The monoisotopic (exact) mass is 223 g/mol. The van der Waals surface area contributed by atoms with Crippen LogP contribution in [-0.2, 0) is 0 Å². The highest BCUT2D eigenvalue weighted by atomic mass is 32.2. The van der Waals surface area contributed by atoms with Gasteiger partial charge in [0.2, 0.25) is 0 Å². The minimum absolute atomic E-state index is 0.0656. The van der Waals surface area contributed by atoms with Gasteiger partial charge in [0.1, 0.15) is 6.10 Å². The summed E-state index contributed by atoms with van der Waals surface area (Å²) in [5, 5.41) is 27.8. The summed E-state index contributed by atoms with van der Waals surface area (Å²) in [6, 6.07) is 9.15. The Morgan fingerprint density at radius 2 is 2.07 bits per heavy atom. The zero-order chi connectivity index (χ0) is 11.3. The molecule has 2 atom stereocenters. The number of aliphatic hydroxyl groups excluding tert-OH is 2. The number of aliphatic hydroxyl groups is 2. The Morgan fingerprint density at radius 3 is 2.67 bits per heavy atom. The normalized spacial score (nSPS) is 14.3. The maximum Gasteiger partial charge on any atom is 0.107 e. The average Bonchev–Trinajstić information content (AvgIpc) is 2.28. The van der Waals surface area contributed by atoms with Crippen LogP contribution in [0, 0.1) is 11.3 Å². The van der Waals surface area contributed by atoms with E-state index in [2.05, 4.69) is 0 Å². The first-order valence-electron chi connectivity index (χ1n) is 4.56. The fourth-order valence-electron chi connectivity index (χ4n) is 1.32. The van der Waals surface area contributed by atoms with Crippen molar-refractivity contribution in [3.8, 4) is 6.07 Å². The van der Waals surface area contributed by atoms with E-state index in [9.17, 15) is 10.2 Å². The van der Waals surface area contributed by atoms with E-state index in [-0.39, 0.29) is 6.42 Å². The van der Waals surface area contributed by atoms with Gasteiger partial charge in [0.15, 0.2) is 0 Å². The van der Waals surface area contributed by atoms with Crippen molar-refractivity contribution in [2.45, 2.75) is 23.5 Å². The molecule has 0 aliphatic rings. The maximum absolute atomic E-state index is 9.82. The van der Waals surface area contributed by atoms with Crippen molar-refractivity contribution < 1.29 is 10.2 Å². The molecule has 15 heavy (non-hydrogen) atoms. The first-order valence-corrected chi connectivity index (χ1v) is 5.79. The molecule has 0 fully saturated rings. The van der Waals surface area contributed by atoms with Crippen LogP contribution in [0.4, 0.5) is 0 Å². The predicted molar refractivity (Wildman–Crippen MR) is 59.4 cm³/mol. The number of benzene rings is 1. The Balaban J connectivity index is 2.90. The summed E-state index contributed by atoms with van der Waals surface area (Å²) in [6.07, 6.45) is -0.178. The summed E-state index contributed by atoms with van der Waals surface area (Å²) >= 11 is 1.51. The zero-order valence-corrected chi connectivity index (χ0v) is 9.24. The Morgan fingerprint density at radius 1 is 1.40 bits per heavy atom. The molecule has 0 heterocycles. The smallest absolute Gasteiger partial charge is 0.107 e. The quantitative estimate of drug-likeness (QED) is 0.763. The van der Waals surface area contributed by atoms with Gasteiger partial charge in [0.25, 0.3) is 0 Å². The molecule has 1 rings (SSSR count). The van der Waals surface area contributed by atoms with Gasteiger partial charge in [0.05, 0.1) is 18.6 Å². The van der Waals surface area contributed by atoms with Crippen LogP contribution in [0.25, 0.3) is 0 Å². The molecule has 0 saturated heterocycles. The molecule has 3 nitrogen and oxygen atoms in total. The standard InChI is InChI=1S/C11H13NO2S/c1-15-10-5-3-2-4-8(10)11(14)9(13)6-7-12/h2-5,9,11,13-14H,6H2,1H3. The lowest BCUT2D eigenvalue weighted by molar-refractivity contribution is 0.0201. The molecule has 80 valence electrons. The summed E-state index contributed by atoms with van der Waals surface area (Å²) in [5.41, 5.74) is 0.674. The van der Waals surface area contributed by atoms with Gasteiger partial charge < -0.3 is 10.2 Å². The van der Waals surface area contributed by atoms with Crippen molar-refractivity contribution in [1.82, 2.24) is 0 Å². The third kappa shape index (κ3) is 2.96. The highest BCUT2D eigenvalue weighted by molar-refractivity contribution is 7.98. The van der Waals surface area contributed by atoms with Crippen molar-refractivity contribution in [2.24, 2.45) is 0 Å². The first kappa shape index (κ1) is 12.1. The number of hydrogen-bond acceptors (Lipinski definition) is 4. The van der Waals surface area contributed by atoms with Gasteiger partial charge >= 0.3 is 0 Å². The molecule has 2 unspecified atom stereocenters. The van der Waals surface area contributed by atoms with E-state index < -0.39 is 12.2 Å². The van der Waals surface area contributed by atoms with Gasteiger partial charge in [-0.05, 0) is 17.9 Å². The molecule has 0 bridgehead atoms. The minimum atomic E-state index is -1.02. The topological polar surface area (TPSA) is 64.2 Å². The van der Waals surface area contributed by atoms with Crippen molar-refractivity contribution in [3.63, 3.8) is 0 Å². The lowest BCUT2D eigenvalue weighted by Gasteiger charge is -2.17. The largest absolute Gasteiger partial charge is 0.389 e. The predicted octanol–water partition coefficient (Wildman–Crippen LogP) is 1.72. The molecule has 1 aromatic rings. The SMILES string of the molecule is CSc1ccccc1C(O)C(O)CC#N. The molecule has 4 heteroatoms.